The lowest BCUT2D eigenvalue weighted by Crippen LogP contribution is -2.16. The van der Waals surface area contributed by atoms with Crippen LogP contribution in [-0.2, 0) is 6.54 Å². The van der Waals surface area contributed by atoms with Crippen LogP contribution in [0.3, 0.4) is 0 Å². The maximum Gasteiger partial charge on any atom is 0.122 e. The first kappa shape index (κ1) is 14.5. The van der Waals surface area contributed by atoms with E-state index in [-0.39, 0.29) is 0 Å². The lowest BCUT2D eigenvalue weighted by atomic mass is 9.97. The molecule has 1 rings (SSSR count). The number of rotatable bonds is 6. The molecule has 3 heteroatoms. The Kier molecular flexibility index (Phi) is 5.67. The number of nitrogens with zero attached hydrogens (tertiary/aromatic N) is 1. The quantitative estimate of drug-likeness (QED) is 0.785. The van der Waals surface area contributed by atoms with Gasteiger partial charge in [0, 0.05) is 13.0 Å². The Hall–Kier alpha value is -1.53. The van der Waals surface area contributed by atoms with Gasteiger partial charge in [0.05, 0.1) is 13.2 Å². The van der Waals surface area contributed by atoms with Crippen LogP contribution < -0.4 is 10.1 Å². The number of ether oxygens (including phenoxy) is 1. The fraction of sp³-hybridized carbons (Fsp3) is 0.533. The number of benzene rings is 1. The maximum absolute atomic E-state index is 8.47. The van der Waals surface area contributed by atoms with E-state index in [9.17, 15) is 0 Å². The lowest BCUT2D eigenvalue weighted by Gasteiger charge is -2.16. The molecule has 0 aliphatic heterocycles. The van der Waals surface area contributed by atoms with E-state index in [0.717, 1.165) is 25.3 Å². The van der Waals surface area contributed by atoms with Crippen LogP contribution >= 0.6 is 0 Å². The molecule has 0 saturated heterocycles. The van der Waals surface area contributed by atoms with E-state index in [1.54, 1.807) is 7.11 Å². The van der Waals surface area contributed by atoms with Gasteiger partial charge in [0.15, 0.2) is 0 Å². The Bertz CT molecular complexity index is 447. The van der Waals surface area contributed by atoms with Crippen LogP contribution in [0.1, 0.15) is 35.1 Å². The molecule has 0 aliphatic carbocycles. The lowest BCUT2D eigenvalue weighted by molar-refractivity contribution is 0.410. The number of aryl methyl sites for hydroxylation is 1. The van der Waals surface area contributed by atoms with Crippen LogP contribution in [0.15, 0.2) is 6.07 Å². The second kappa shape index (κ2) is 7.03. The summed E-state index contributed by atoms with van der Waals surface area (Å²) in [6.07, 6.45) is 1.52. The van der Waals surface area contributed by atoms with E-state index in [0.29, 0.717) is 6.42 Å². The first-order chi connectivity index (χ1) is 8.61. The monoisotopic (exact) mass is 246 g/mol. The molecule has 1 aromatic carbocycles. The molecule has 0 atom stereocenters. The molecule has 0 aliphatic rings. The third-order valence-electron chi connectivity index (χ3n) is 3.37. The van der Waals surface area contributed by atoms with Gasteiger partial charge in [-0.15, -0.1) is 0 Å². The summed E-state index contributed by atoms with van der Waals surface area (Å²) in [5.41, 5.74) is 5.09. The Morgan fingerprint density at radius 3 is 2.61 bits per heavy atom. The average Bonchev–Trinajstić information content (AvgIpc) is 2.37. The largest absolute Gasteiger partial charge is 0.496 e. The first-order valence-corrected chi connectivity index (χ1v) is 6.33. The molecule has 0 amide bonds. The van der Waals surface area contributed by atoms with Crippen molar-refractivity contribution in [1.82, 2.24) is 5.32 Å². The van der Waals surface area contributed by atoms with Crippen molar-refractivity contribution < 1.29 is 4.74 Å². The molecule has 1 aromatic rings. The summed E-state index contributed by atoms with van der Waals surface area (Å²) in [6.45, 7) is 8.08. The topological polar surface area (TPSA) is 45.0 Å². The highest BCUT2D eigenvalue weighted by Crippen LogP contribution is 2.27. The zero-order chi connectivity index (χ0) is 13.5. The number of hydrogen-bond donors (Lipinski definition) is 1. The predicted octanol–water partition coefficient (Wildman–Crippen LogP) is 3.01. The summed E-state index contributed by atoms with van der Waals surface area (Å²) in [5.74, 6) is 0.957. The van der Waals surface area contributed by atoms with Crippen molar-refractivity contribution in [2.75, 3.05) is 13.7 Å². The zero-order valence-electron chi connectivity index (χ0n) is 11.8. The Morgan fingerprint density at radius 1 is 1.28 bits per heavy atom. The number of hydrogen-bond acceptors (Lipinski definition) is 3. The van der Waals surface area contributed by atoms with Gasteiger partial charge in [-0.1, -0.05) is 0 Å². The van der Waals surface area contributed by atoms with E-state index in [4.69, 9.17) is 10.00 Å². The normalized spacial score (nSPS) is 10.2. The van der Waals surface area contributed by atoms with Crippen molar-refractivity contribution in [3.05, 3.63) is 28.3 Å². The van der Waals surface area contributed by atoms with Crippen molar-refractivity contribution in [3.8, 4) is 11.8 Å². The Labute approximate surface area is 110 Å². The van der Waals surface area contributed by atoms with Crippen LogP contribution in [0.2, 0.25) is 0 Å². The van der Waals surface area contributed by atoms with Crippen molar-refractivity contribution >= 4 is 0 Å². The summed E-state index contributed by atoms with van der Waals surface area (Å²) < 4.78 is 5.36. The fourth-order valence-corrected chi connectivity index (χ4v) is 2.09. The van der Waals surface area contributed by atoms with Crippen molar-refractivity contribution in [2.24, 2.45) is 0 Å². The smallest absolute Gasteiger partial charge is 0.122 e. The second-order valence-electron chi connectivity index (χ2n) is 4.56. The highest BCUT2D eigenvalue weighted by molar-refractivity contribution is 5.48. The number of nitrogens with one attached hydrogen (secondary N) is 1. The minimum atomic E-state index is 0.618. The first-order valence-electron chi connectivity index (χ1n) is 6.33. The van der Waals surface area contributed by atoms with Gasteiger partial charge in [0.25, 0.3) is 0 Å². The van der Waals surface area contributed by atoms with E-state index >= 15 is 0 Å². The zero-order valence-corrected chi connectivity index (χ0v) is 11.8. The molecule has 0 aromatic heterocycles. The summed E-state index contributed by atoms with van der Waals surface area (Å²) in [5, 5.41) is 11.9. The summed E-state index contributed by atoms with van der Waals surface area (Å²) in [4.78, 5) is 0. The minimum Gasteiger partial charge on any atom is -0.496 e. The highest BCUT2D eigenvalue weighted by Gasteiger charge is 2.09. The molecule has 18 heavy (non-hydrogen) atoms. The van der Waals surface area contributed by atoms with Crippen LogP contribution in [-0.4, -0.2) is 13.7 Å². The number of nitriles is 1. The SMILES string of the molecule is COc1cc(C)c(CNCCCC#N)c(C)c1C. The third kappa shape index (κ3) is 3.48. The van der Waals surface area contributed by atoms with Gasteiger partial charge in [-0.2, -0.15) is 5.26 Å². The van der Waals surface area contributed by atoms with Gasteiger partial charge in [0.1, 0.15) is 5.75 Å². The second-order valence-corrected chi connectivity index (χ2v) is 4.56. The number of methoxy groups -OCH3 is 1. The van der Waals surface area contributed by atoms with Gasteiger partial charge < -0.3 is 10.1 Å². The standard InChI is InChI=1S/C15H22N2O/c1-11-9-15(18-4)13(3)12(2)14(11)10-17-8-6-5-7-16/h9,17H,5-6,8,10H2,1-4H3. The molecule has 0 radical (unpaired) electrons. The molecule has 0 fully saturated rings. The highest BCUT2D eigenvalue weighted by atomic mass is 16.5. The number of unbranched alkanes of at least 4 members (excludes halogenated alkanes) is 1. The average molecular weight is 246 g/mol. The van der Waals surface area contributed by atoms with Crippen molar-refractivity contribution in [2.45, 2.75) is 40.2 Å². The van der Waals surface area contributed by atoms with Gasteiger partial charge in [0.2, 0.25) is 0 Å². The van der Waals surface area contributed by atoms with Gasteiger partial charge in [-0.05, 0) is 62.1 Å². The minimum absolute atomic E-state index is 0.618. The molecule has 3 nitrogen and oxygen atoms in total. The predicted molar refractivity (Wildman–Crippen MR) is 73.8 cm³/mol. The van der Waals surface area contributed by atoms with Crippen LogP contribution in [0.5, 0.6) is 5.75 Å². The van der Waals surface area contributed by atoms with E-state index < -0.39 is 0 Å². The third-order valence-corrected chi connectivity index (χ3v) is 3.37. The maximum atomic E-state index is 8.47. The molecular weight excluding hydrogens is 224 g/mol. The van der Waals surface area contributed by atoms with Crippen LogP contribution in [0.4, 0.5) is 0 Å². The van der Waals surface area contributed by atoms with Crippen molar-refractivity contribution in [3.63, 3.8) is 0 Å². The van der Waals surface area contributed by atoms with Crippen LogP contribution in [0, 0.1) is 32.1 Å². The van der Waals surface area contributed by atoms with E-state index in [1.165, 1.54) is 22.3 Å². The fourth-order valence-electron chi connectivity index (χ4n) is 2.09. The molecular formula is C15H22N2O. The van der Waals surface area contributed by atoms with Gasteiger partial charge in [-0.3, -0.25) is 0 Å². The summed E-state index contributed by atoms with van der Waals surface area (Å²) in [6, 6.07) is 4.25. The van der Waals surface area contributed by atoms with Crippen LogP contribution in [0.25, 0.3) is 0 Å². The molecule has 0 heterocycles. The molecule has 0 unspecified atom stereocenters. The summed E-state index contributed by atoms with van der Waals surface area (Å²) >= 11 is 0. The molecule has 0 bridgehead atoms. The van der Waals surface area contributed by atoms with E-state index in [1.807, 2.05) is 0 Å². The molecule has 1 N–H and O–H groups in total. The molecule has 0 spiro atoms. The Morgan fingerprint density at radius 2 is 2.00 bits per heavy atom. The summed E-state index contributed by atoms with van der Waals surface area (Å²) in [7, 11) is 1.71. The molecule has 98 valence electrons. The van der Waals surface area contributed by atoms with Gasteiger partial charge >= 0.3 is 0 Å². The van der Waals surface area contributed by atoms with Gasteiger partial charge in [-0.25, -0.2) is 0 Å². The van der Waals surface area contributed by atoms with E-state index in [2.05, 4.69) is 38.2 Å². The Balaban J connectivity index is 2.72. The van der Waals surface area contributed by atoms with Crippen molar-refractivity contribution in [1.29, 1.82) is 5.26 Å². The molecule has 0 saturated carbocycles.